The van der Waals surface area contributed by atoms with E-state index in [9.17, 15) is 0 Å². The highest BCUT2D eigenvalue weighted by Crippen LogP contribution is 2.26. The largest absolute Gasteiger partial charge is 0.469 e. The Balaban J connectivity index is 2.31. The molecule has 0 aliphatic carbocycles. The van der Waals surface area contributed by atoms with Crippen LogP contribution in [0.3, 0.4) is 0 Å². The maximum absolute atomic E-state index is 5.56. The van der Waals surface area contributed by atoms with Crippen molar-refractivity contribution < 1.29 is 4.42 Å². The van der Waals surface area contributed by atoms with E-state index in [1.165, 1.54) is 11.1 Å². The first-order chi connectivity index (χ1) is 8.86. The molecule has 2 rings (SSSR count). The molecule has 2 nitrogen and oxygen atoms in total. The van der Waals surface area contributed by atoms with Crippen LogP contribution < -0.4 is 5.32 Å². The van der Waals surface area contributed by atoms with Crippen molar-refractivity contribution in [3.05, 3.63) is 59.5 Å². The van der Waals surface area contributed by atoms with Crippen molar-refractivity contribution >= 4 is 0 Å². The number of hydrogen-bond acceptors (Lipinski definition) is 2. The Bertz CT molecular complexity index is 461. The number of furan rings is 1. The summed E-state index contributed by atoms with van der Waals surface area (Å²) >= 11 is 0. The van der Waals surface area contributed by atoms with E-state index < -0.39 is 0 Å². The highest BCUT2D eigenvalue weighted by Gasteiger charge is 2.17. The Hall–Kier alpha value is -1.54. The summed E-state index contributed by atoms with van der Waals surface area (Å²) in [4.78, 5) is 0. The predicted molar refractivity (Wildman–Crippen MR) is 74.7 cm³/mol. The van der Waals surface area contributed by atoms with E-state index in [0.29, 0.717) is 0 Å². The molecule has 0 aliphatic heterocycles. The van der Waals surface area contributed by atoms with Gasteiger partial charge in [-0.15, -0.1) is 0 Å². The third-order valence-electron chi connectivity index (χ3n) is 3.14. The summed E-state index contributed by atoms with van der Waals surface area (Å²) in [6.07, 6.45) is 3.85. The zero-order valence-electron chi connectivity index (χ0n) is 11.1. The van der Waals surface area contributed by atoms with Crippen LogP contribution in [-0.2, 0) is 6.42 Å². The first-order valence-corrected chi connectivity index (χ1v) is 6.71. The first kappa shape index (κ1) is 12.9. The molecule has 1 aromatic heterocycles. The molecule has 96 valence electrons. The Kier molecular flexibility index (Phi) is 4.59. The lowest BCUT2D eigenvalue weighted by Gasteiger charge is -2.19. The van der Waals surface area contributed by atoms with Crippen molar-refractivity contribution in [3.63, 3.8) is 0 Å². The van der Waals surface area contributed by atoms with E-state index in [1.807, 2.05) is 0 Å². The predicted octanol–water partition coefficient (Wildman–Crippen LogP) is 3.93. The fourth-order valence-corrected chi connectivity index (χ4v) is 2.24. The van der Waals surface area contributed by atoms with Gasteiger partial charge in [-0.05, 0) is 24.6 Å². The van der Waals surface area contributed by atoms with Crippen LogP contribution in [-0.4, -0.2) is 6.54 Å². The molecule has 0 bridgehead atoms. The van der Waals surface area contributed by atoms with Crippen LogP contribution in [0.25, 0.3) is 0 Å². The van der Waals surface area contributed by atoms with Gasteiger partial charge in [-0.25, -0.2) is 0 Å². The van der Waals surface area contributed by atoms with E-state index in [4.69, 9.17) is 4.42 Å². The molecule has 1 unspecified atom stereocenters. The van der Waals surface area contributed by atoms with Crippen LogP contribution >= 0.6 is 0 Å². The molecule has 2 aromatic rings. The van der Waals surface area contributed by atoms with Gasteiger partial charge in [-0.2, -0.15) is 0 Å². The highest BCUT2D eigenvalue weighted by atomic mass is 16.3. The molecule has 0 amide bonds. The molecule has 2 heteroatoms. The van der Waals surface area contributed by atoms with E-state index in [1.54, 1.807) is 6.26 Å². The number of nitrogens with one attached hydrogen (secondary N) is 1. The van der Waals surface area contributed by atoms with Crippen LogP contribution in [0, 0.1) is 0 Å². The van der Waals surface area contributed by atoms with Gasteiger partial charge in [0.1, 0.15) is 5.76 Å². The van der Waals surface area contributed by atoms with Gasteiger partial charge in [0.15, 0.2) is 0 Å². The normalized spacial score (nSPS) is 12.6. The smallest absolute Gasteiger partial charge is 0.108 e. The molecule has 0 radical (unpaired) electrons. The summed E-state index contributed by atoms with van der Waals surface area (Å²) < 4.78 is 5.56. The van der Waals surface area contributed by atoms with Gasteiger partial charge in [0, 0.05) is 12.0 Å². The van der Waals surface area contributed by atoms with Crippen molar-refractivity contribution in [1.82, 2.24) is 5.32 Å². The van der Waals surface area contributed by atoms with Crippen LogP contribution in [0.4, 0.5) is 0 Å². The lowest BCUT2D eigenvalue weighted by atomic mass is 9.98. The van der Waals surface area contributed by atoms with E-state index in [0.717, 1.165) is 25.1 Å². The molecule has 0 fully saturated rings. The summed E-state index contributed by atoms with van der Waals surface area (Å²) in [5.41, 5.74) is 2.55. The SMILES string of the molecule is CCCNC(c1ccccc1)c1ccoc1CC. The Morgan fingerprint density at radius 3 is 2.56 bits per heavy atom. The minimum atomic E-state index is 0.236. The van der Waals surface area contributed by atoms with Crippen LogP contribution in [0.5, 0.6) is 0 Å². The van der Waals surface area contributed by atoms with Gasteiger partial charge in [-0.1, -0.05) is 44.2 Å². The van der Waals surface area contributed by atoms with Crippen LogP contribution in [0.2, 0.25) is 0 Å². The molecule has 1 heterocycles. The van der Waals surface area contributed by atoms with Crippen LogP contribution in [0.15, 0.2) is 47.1 Å². The second-order valence-corrected chi connectivity index (χ2v) is 4.45. The number of aryl methyl sites for hydroxylation is 1. The average Bonchev–Trinajstić information content (AvgIpc) is 2.89. The van der Waals surface area contributed by atoms with E-state index in [2.05, 4.69) is 55.6 Å². The zero-order chi connectivity index (χ0) is 12.8. The Morgan fingerprint density at radius 1 is 1.11 bits per heavy atom. The van der Waals surface area contributed by atoms with Crippen molar-refractivity contribution in [2.75, 3.05) is 6.54 Å². The van der Waals surface area contributed by atoms with Gasteiger partial charge in [0.25, 0.3) is 0 Å². The number of rotatable bonds is 6. The van der Waals surface area contributed by atoms with Crippen LogP contribution in [0.1, 0.15) is 43.2 Å². The quantitative estimate of drug-likeness (QED) is 0.831. The molecular weight excluding hydrogens is 222 g/mol. The first-order valence-electron chi connectivity index (χ1n) is 6.71. The van der Waals surface area contributed by atoms with Crippen molar-refractivity contribution in [3.8, 4) is 0 Å². The van der Waals surface area contributed by atoms with Gasteiger partial charge in [0.05, 0.1) is 12.3 Å². The summed E-state index contributed by atoms with van der Waals surface area (Å²) in [5, 5.41) is 3.60. The molecule has 0 spiro atoms. The third kappa shape index (κ3) is 2.82. The Labute approximate surface area is 109 Å². The second kappa shape index (κ2) is 6.41. The lowest BCUT2D eigenvalue weighted by Crippen LogP contribution is -2.23. The number of benzene rings is 1. The highest BCUT2D eigenvalue weighted by molar-refractivity contribution is 5.33. The second-order valence-electron chi connectivity index (χ2n) is 4.45. The minimum Gasteiger partial charge on any atom is -0.469 e. The van der Waals surface area contributed by atoms with Gasteiger partial charge >= 0.3 is 0 Å². The molecule has 0 saturated heterocycles. The van der Waals surface area contributed by atoms with Crippen molar-refractivity contribution in [1.29, 1.82) is 0 Å². The monoisotopic (exact) mass is 243 g/mol. The topological polar surface area (TPSA) is 25.2 Å². The van der Waals surface area contributed by atoms with Gasteiger partial charge in [-0.3, -0.25) is 0 Å². The van der Waals surface area contributed by atoms with Gasteiger partial charge in [0.2, 0.25) is 0 Å². The molecule has 1 atom stereocenters. The fourth-order valence-electron chi connectivity index (χ4n) is 2.24. The number of hydrogen-bond donors (Lipinski definition) is 1. The summed E-state index contributed by atoms with van der Waals surface area (Å²) in [5.74, 6) is 1.08. The molecular formula is C16H21NO. The molecule has 18 heavy (non-hydrogen) atoms. The summed E-state index contributed by atoms with van der Waals surface area (Å²) in [6.45, 7) is 5.32. The Morgan fingerprint density at radius 2 is 1.89 bits per heavy atom. The van der Waals surface area contributed by atoms with E-state index >= 15 is 0 Å². The molecule has 0 saturated carbocycles. The summed E-state index contributed by atoms with van der Waals surface area (Å²) in [7, 11) is 0. The van der Waals surface area contributed by atoms with Crippen molar-refractivity contribution in [2.24, 2.45) is 0 Å². The molecule has 0 aliphatic rings. The van der Waals surface area contributed by atoms with Crippen molar-refractivity contribution in [2.45, 2.75) is 32.7 Å². The van der Waals surface area contributed by atoms with Gasteiger partial charge < -0.3 is 9.73 Å². The average molecular weight is 243 g/mol. The fraction of sp³-hybridized carbons (Fsp3) is 0.375. The van der Waals surface area contributed by atoms with E-state index in [-0.39, 0.29) is 6.04 Å². The zero-order valence-corrected chi connectivity index (χ0v) is 11.1. The maximum atomic E-state index is 5.56. The third-order valence-corrected chi connectivity index (χ3v) is 3.14. The standard InChI is InChI=1S/C16H21NO/c1-3-11-17-16(13-8-6-5-7-9-13)14-10-12-18-15(14)4-2/h5-10,12,16-17H,3-4,11H2,1-2H3. The molecule has 1 aromatic carbocycles. The lowest BCUT2D eigenvalue weighted by molar-refractivity contribution is 0.500. The molecule has 1 N–H and O–H groups in total. The maximum Gasteiger partial charge on any atom is 0.108 e. The minimum absolute atomic E-state index is 0.236. The summed E-state index contributed by atoms with van der Waals surface area (Å²) in [6, 6.07) is 12.9.